The van der Waals surface area contributed by atoms with Crippen molar-refractivity contribution in [3.63, 3.8) is 0 Å². The fourth-order valence-corrected chi connectivity index (χ4v) is 2.88. The van der Waals surface area contributed by atoms with E-state index in [0.29, 0.717) is 19.5 Å². The molecule has 4 aromatic rings. The van der Waals surface area contributed by atoms with Gasteiger partial charge in [0.1, 0.15) is 12.1 Å². The highest BCUT2D eigenvalue weighted by Crippen LogP contribution is 2.08. The van der Waals surface area contributed by atoms with E-state index in [1.165, 1.54) is 0 Å². The van der Waals surface area contributed by atoms with Gasteiger partial charge in [-0.05, 0) is 41.8 Å². The highest BCUT2D eigenvalue weighted by atomic mass is 16.2. The largest absolute Gasteiger partial charge is 0.338 e. The molecule has 2 N–H and O–H groups in total. The van der Waals surface area contributed by atoms with Gasteiger partial charge in [0, 0.05) is 37.9 Å². The summed E-state index contributed by atoms with van der Waals surface area (Å²) in [6.45, 7) is 0.949. The molecule has 1 aromatic carbocycles. The highest BCUT2D eigenvalue weighted by molar-refractivity contribution is 5.73. The van der Waals surface area contributed by atoms with E-state index >= 15 is 0 Å². The fraction of sp³-hybridized carbons (Fsp3) is 0.143. The number of carbonyl (C=O) groups is 1. The van der Waals surface area contributed by atoms with Crippen molar-refractivity contribution in [2.24, 2.45) is 0 Å². The normalized spacial score (nSPS) is 10.6. The molecule has 0 aliphatic rings. The lowest BCUT2D eigenvalue weighted by Crippen LogP contribution is -2.36. The minimum absolute atomic E-state index is 0.207. The maximum atomic E-state index is 12.1. The number of benzene rings is 1. The van der Waals surface area contributed by atoms with Crippen LogP contribution < -0.4 is 10.6 Å². The average Bonchev–Trinajstić information content (AvgIpc) is 3.46. The lowest BCUT2D eigenvalue weighted by molar-refractivity contribution is 0.240. The van der Waals surface area contributed by atoms with Crippen molar-refractivity contribution < 1.29 is 4.79 Å². The summed E-state index contributed by atoms with van der Waals surface area (Å²) in [5, 5.41) is 10.1. The van der Waals surface area contributed by atoms with Gasteiger partial charge in [-0.3, -0.25) is 4.57 Å². The molecular weight excluding hydrogens is 366 g/mol. The van der Waals surface area contributed by atoms with E-state index in [1.807, 2.05) is 70.3 Å². The third-order valence-electron chi connectivity index (χ3n) is 4.39. The number of para-hydroxylation sites is 1. The number of carbonyl (C=O) groups excluding carboxylic acids is 1. The Balaban J connectivity index is 1.23. The quantitative estimate of drug-likeness (QED) is 0.510. The Labute approximate surface area is 168 Å². The number of aromatic nitrogens is 5. The Morgan fingerprint density at radius 3 is 2.76 bits per heavy atom. The van der Waals surface area contributed by atoms with Gasteiger partial charge in [0.15, 0.2) is 0 Å². The van der Waals surface area contributed by atoms with Gasteiger partial charge in [0.25, 0.3) is 0 Å². The van der Waals surface area contributed by atoms with E-state index in [0.717, 1.165) is 22.6 Å². The number of pyridine rings is 1. The van der Waals surface area contributed by atoms with E-state index in [-0.39, 0.29) is 6.03 Å². The van der Waals surface area contributed by atoms with Crippen LogP contribution in [0.3, 0.4) is 0 Å². The van der Waals surface area contributed by atoms with Crippen molar-refractivity contribution in [2.45, 2.75) is 13.0 Å². The van der Waals surface area contributed by atoms with Crippen LogP contribution in [0.2, 0.25) is 0 Å². The number of hydrogen-bond acceptors (Lipinski definition) is 4. The van der Waals surface area contributed by atoms with Gasteiger partial charge in [-0.15, -0.1) is 0 Å². The maximum absolute atomic E-state index is 12.1. The molecule has 0 fully saturated rings. The molecule has 3 heterocycles. The molecule has 4 rings (SSSR count). The second-order valence-electron chi connectivity index (χ2n) is 6.48. The van der Waals surface area contributed by atoms with Crippen molar-refractivity contribution in [3.05, 3.63) is 90.9 Å². The van der Waals surface area contributed by atoms with Crippen LogP contribution in [0.5, 0.6) is 0 Å². The summed E-state index contributed by atoms with van der Waals surface area (Å²) in [6.07, 6.45) is 11.4. The minimum Gasteiger partial charge on any atom is -0.338 e. The standard InChI is InChI=1S/C21H21N7O/c29-21(25-13-17-6-8-23-20(12-17)27-11-10-22-16-27)24-9-7-18-14-26-28(15-18)19-4-2-1-3-5-19/h1-6,8,10-12,14-16H,7,9,13H2,(H2,24,25,29). The lowest BCUT2D eigenvalue weighted by Gasteiger charge is -2.08. The van der Waals surface area contributed by atoms with Gasteiger partial charge < -0.3 is 10.6 Å². The molecule has 0 saturated carbocycles. The Bertz CT molecular complexity index is 1060. The zero-order valence-electron chi connectivity index (χ0n) is 15.8. The molecule has 146 valence electrons. The predicted octanol–water partition coefficient (Wildman–Crippen LogP) is 2.49. The first-order valence-corrected chi connectivity index (χ1v) is 9.32. The van der Waals surface area contributed by atoms with Gasteiger partial charge in [-0.1, -0.05) is 18.2 Å². The van der Waals surface area contributed by atoms with Crippen LogP contribution in [0.15, 0.2) is 79.8 Å². The van der Waals surface area contributed by atoms with Crippen LogP contribution in [-0.2, 0) is 13.0 Å². The minimum atomic E-state index is -0.207. The second kappa shape index (κ2) is 8.83. The Hall–Kier alpha value is -3.94. The van der Waals surface area contributed by atoms with Crippen LogP contribution >= 0.6 is 0 Å². The summed E-state index contributed by atoms with van der Waals surface area (Å²) in [7, 11) is 0. The Kier molecular flexibility index (Phi) is 5.61. The maximum Gasteiger partial charge on any atom is 0.315 e. The van der Waals surface area contributed by atoms with Crippen molar-refractivity contribution >= 4 is 6.03 Å². The molecule has 0 spiro atoms. The van der Waals surface area contributed by atoms with E-state index in [1.54, 1.807) is 18.7 Å². The van der Waals surface area contributed by atoms with Crippen molar-refractivity contribution in [1.82, 2.24) is 34.9 Å². The van der Waals surface area contributed by atoms with Crippen LogP contribution in [0.1, 0.15) is 11.1 Å². The number of imidazole rings is 1. The summed E-state index contributed by atoms with van der Waals surface area (Å²) < 4.78 is 3.65. The van der Waals surface area contributed by atoms with E-state index in [9.17, 15) is 4.79 Å². The topological polar surface area (TPSA) is 89.7 Å². The molecule has 0 aliphatic heterocycles. The van der Waals surface area contributed by atoms with E-state index in [4.69, 9.17) is 0 Å². The van der Waals surface area contributed by atoms with Crippen LogP contribution in [0, 0.1) is 0 Å². The molecule has 29 heavy (non-hydrogen) atoms. The highest BCUT2D eigenvalue weighted by Gasteiger charge is 2.04. The smallest absolute Gasteiger partial charge is 0.315 e. The molecule has 0 atom stereocenters. The number of amides is 2. The summed E-state index contributed by atoms with van der Waals surface area (Å²) in [5.41, 5.74) is 3.04. The van der Waals surface area contributed by atoms with Gasteiger partial charge in [0.2, 0.25) is 0 Å². The van der Waals surface area contributed by atoms with E-state index < -0.39 is 0 Å². The number of rotatable bonds is 7. The molecule has 0 radical (unpaired) electrons. The first-order chi connectivity index (χ1) is 14.3. The predicted molar refractivity (Wildman–Crippen MR) is 109 cm³/mol. The monoisotopic (exact) mass is 387 g/mol. The van der Waals surface area contributed by atoms with Crippen LogP contribution in [0.4, 0.5) is 4.79 Å². The first kappa shape index (κ1) is 18.4. The molecule has 0 unspecified atom stereocenters. The van der Waals surface area contributed by atoms with E-state index in [2.05, 4.69) is 25.7 Å². The molecule has 8 heteroatoms. The van der Waals surface area contributed by atoms with Gasteiger partial charge >= 0.3 is 6.03 Å². The van der Waals surface area contributed by atoms with Gasteiger partial charge in [0.05, 0.1) is 11.9 Å². The number of nitrogens with one attached hydrogen (secondary N) is 2. The van der Waals surface area contributed by atoms with Gasteiger partial charge in [-0.25, -0.2) is 19.4 Å². The third-order valence-corrected chi connectivity index (χ3v) is 4.39. The Morgan fingerprint density at radius 1 is 1.03 bits per heavy atom. The molecular formula is C21H21N7O. The summed E-state index contributed by atoms with van der Waals surface area (Å²) in [4.78, 5) is 20.4. The van der Waals surface area contributed by atoms with Crippen LogP contribution in [0.25, 0.3) is 11.5 Å². The zero-order chi connectivity index (χ0) is 19.9. The van der Waals surface area contributed by atoms with Crippen molar-refractivity contribution in [1.29, 1.82) is 0 Å². The number of nitrogens with zero attached hydrogens (tertiary/aromatic N) is 5. The second-order valence-corrected chi connectivity index (χ2v) is 6.48. The van der Waals surface area contributed by atoms with Gasteiger partial charge in [-0.2, -0.15) is 5.10 Å². The zero-order valence-corrected chi connectivity index (χ0v) is 15.8. The molecule has 0 saturated heterocycles. The molecule has 8 nitrogen and oxygen atoms in total. The molecule has 0 bridgehead atoms. The molecule has 3 aromatic heterocycles. The first-order valence-electron chi connectivity index (χ1n) is 9.32. The van der Waals surface area contributed by atoms with Crippen molar-refractivity contribution in [2.75, 3.05) is 6.54 Å². The fourth-order valence-electron chi connectivity index (χ4n) is 2.88. The summed E-state index contributed by atoms with van der Waals surface area (Å²) >= 11 is 0. The SMILES string of the molecule is O=C(NCCc1cnn(-c2ccccc2)c1)NCc1ccnc(-n2ccnc2)c1. The number of hydrogen-bond donors (Lipinski definition) is 2. The Morgan fingerprint density at radius 2 is 1.93 bits per heavy atom. The molecule has 0 aliphatic carbocycles. The summed E-state index contributed by atoms with van der Waals surface area (Å²) in [6, 6.07) is 13.5. The van der Waals surface area contributed by atoms with Crippen molar-refractivity contribution in [3.8, 4) is 11.5 Å². The average molecular weight is 387 g/mol. The third kappa shape index (κ3) is 4.86. The lowest BCUT2D eigenvalue weighted by atomic mass is 10.2. The molecule has 2 amide bonds. The number of urea groups is 1. The van der Waals surface area contributed by atoms with Crippen LogP contribution in [-0.4, -0.2) is 36.9 Å². The summed E-state index contributed by atoms with van der Waals surface area (Å²) in [5.74, 6) is 0.762.